The number of carbonyl (C=O) groups is 1. The van der Waals surface area contributed by atoms with Gasteiger partial charge in [0.1, 0.15) is 11.4 Å². The highest BCUT2D eigenvalue weighted by molar-refractivity contribution is 6.32. The molecule has 1 amide bonds. The van der Waals surface area contributed by atoms with Crippen LogP contribution in [0.25, 0.3) is 10.9 Å². The number of amides is 1. The minimum atomic E-state index is -0.561. The molecule has 5 heteroatoms. The van der Waals surface area contributed by atoms with Crippen LogP contribution in [0.4, 0.5) is 0 Å². The Hall–Kier alpha value is -1.81. The molecular formula is C11H9ClN2O2. The van der Waals surface area contributed by atoms with E-state index in [0.717, 1.165) is 5.39 Å². The van der Waals surface area contributed by atoms with Crippen molar-refractivity contribution in [3.8, 4) is 5.75 Å². The van der Waals surface area contributed by atoms with Gasteiger partial charge in [-0.15, -0.1) is 0 Å². The molecule has 0 atom stereocenters. The summed E-state index contributed by atoms with van der Waals surface area (Å²) in [4.78, 5) is 15.1. The van der Waals surface area contributed by atoms with Gasteiger partial charge in [-0.25, -0.2) is 4.98 Å². The molecule has 0 aliphatic carbocycles. The number of hydrogen-bond acceptors (Lipinski definition) is 3. The largest absolute Gasteiger partial charge is 0.495 e. The lowest BCUT2D eigenvalue weighted by Crippen LogP contribution is -2.12. The number of halogens is 1. The van der Waals surface area contributed by atoms with Gasteiger partial charge in [0.25, 0.3) is 5.91 Å². The Morgan fingerprint density at radius 3 is 2.81 bits per heavy atom. The third-order valence-corrected chi connectivity index (χ3v) is 2.51. The summed E-state index contributed by atoms with van der Waals surface area (Å²) < 4.78 is 5.08. The summed E-state index contributed by atoms with van der Waals surface area (Å²) >= 11 is 5.95. The molecule has 0 bridgehead atoms. The lowest BCUT2D eigenvalue weighted by Gasteiger charge is -2.05. The van der Waals surface area contributed by atoms with E-state index in [-0.39, 0.29) is 5.69 Å². The van der Waals surface area contributed by atoms with E-state index in [0.29, 0.717) is 16.3 Å². The summed E-state index contributed by atoms with van der Waals surface area (Å²) in [6, 6.07) is 6.72. The Balaban J connectivity index is 2.66. The molecule has 0 aliphatic rings. The fraction of sp³-hybridized carbons (Fsp3) is 0.0909. The average molecular weight is 237 g/mol. The summed E-state index contributed by atoms with van der Waals surface area (Å²) in [6.45, 7) is 0. The van der Waals surface area contributed by atoms with Gasteiger partial charge in [-0.05, 0) is 18.2 Å². The number of pyridine rings is 1. The zero-order valence-corrected chi connectivity index (χ0v) is 9.28. The van der Waals surface area contributed by atoms with Gasteiger partial charge in [0.2, 0.25) is 0 Å². The van der Waals surface area contributed by atoms with Crippen LogP contribution in [0.5, 0.6) is 5.75 Å². The molecule has 1 aromatic heterocycles. The maximum atomic E-state index is 11.0. The van der Waals surface area contributed by atoms with E-state index in [1.54, 1.807) is 24.3 Å². The van der Waals surface area contributed by atoms with E-state index in [1.807, 2.05) is 0 Å². The van der Waals surface area contributed by atoms with Gasteiger partial charge in [-0.2, -0.15) is 0 Å². The SMILES string of the molecule is COc1cc2ccc(C(N)=O)nc2cc1Cl. The molecule has 1 heterocycles. The number of ether oxygens (including phenoxy) is 1. The highest BCUT2D eigenvalue weighted by atomic mass is 35.5. The number of nitrogens with zero attached hydrogens (tertiary/aromatic N) is 1. The van der Waals surface area contributed by atoms with Crippen LogP contribution in [-0.2, 0) is 0 Å². The van der Waals surface area contributed by atoms with Gasteiger partial charge in [0.15, 0.2) is 0 Å². The maximum absolute atomic E-state index is 11.0. The Kier molecular flexibility index (Phi) is 2.66. The first-order chi connectivity index (χ1) is 7.61. The third-order valence-electron chi connectivity index (χ3n) is 2.22. The Morgan fingerprint density at radius 2 is 2.19 bits per heavy atom. The second-order valence-corrected chi connectivity index (χ2v) is 3.65. The molecule has 82 valence electrons. The minimum Gasteiger partial charge on any atom is -0.495 e. The molecule has 0 unspecified atom stereocenters. The number of aromatic nitrogens is 1. The van der Waals surface area contributed by atoms with Crippen molar-refractivity contribution in [3.05, 3.63) is 35.0 Å². The van der Waals surface area contributed by atoms with E-state index in [9.17, 15) is 4.79 Å². The summed E-state index contributed by atoms with van der Waals surface area (Å²) in [6.07, 6.45) is 0. The number of benzene rings is 1. The lowest BCUT2D eigenvalue weighted by atomic mass is 10.2. The Morgan fingerprint density at radius 1 is 1.44 bits per heavy atom. The van der Waals surface area contributed by atoms with Gasteiger partial charge < -0.3 is 10.5 Å². The number of hydrogen-bond donors (Lipinski definition) is 1. The molecule has 0 aliphatic heterocycles. The van der Waals surface area contributed by atoms with Crippen molar-refractivity contribution in [3.63, 3.8) is 0 Å². The fourth-order valence-electron chi connectivity index (χ4n) is 1.42. The molecule has 4 nitrogen and oxygen atoms in total. The van der Waals surface area contributed by atoms with Crippen LogP contribution in [-0.4, -0.2) is 18.0 Å². The quantitative estimate of drug-likeness (QED) is 0.867. The monoisotopic (exact) mass is 236 g/mol. The number of primary amides is 1. The maximum Gasteiger partial charge on any atom is 0.267 e. The average Bonchev–Trinajstić information content (AvgIpc) is 2.27. The Bertz CT molecular complexity index is 569. The van der Waals surface area contributed by atoms with Crippen molar-refractivity contribution in [2.75, 3.05) is 7.11 Å². The highest BCUT2D eigenvalue weighted by Gasteiger charge is 2.07. The van der Waals surface area contributed by atoms with Crippen LogP contribution in [0, 0.1) is 0 Å². The molecule has 0 spiro atoms. The normalized spacial score (nSPS) is 10.4. The van der Waals surface area contributed by atoms with Crippen molar-refractivity contribution in [1.29, 1.82) is 0 Å². The van der Waals surface area contributed by atoms with Crippen molar-refractivity contribution >= 4 is 28.4 Å². The van der Waals surface area contributed by atoms with Crippen molar-refractivity contribution in [2.45, 2.75) is 0 Å². The molecular weight excluding hydrogens is 228 g/mol. The zero-order chi connectivity index (χ0) is 11.7. The summed E-state index contributed by atoms with van der Waals surface area (Å²) in [7, 11) is 1.54. The Labute approximate surface area is 97.0 Å². The summed E-state index contributed by atoms with van der Waals surface area (Å²) in [5, 5.41) is 1.29. The first-order valence-corrected chi connectivity index (χ1v) is 4.93. The molecule has 16 heavy (non-hydrogen) atoms. The smallest absolute Gasteiger partial charge is 0.267 e. The zero-order valence-electron chi connectivity index (χ0n) is 8.53. The second-order valence-electron chi connectivity index (χ2n) is 3.24. The predicted octanol–water partition coefficient (Wildman–Crippen LogP) is 2.00. The van der Waals surface area contributed by atoms with E-state index in [1.165, 1.54) is 7.11 Å². The number of nitrogens with two attached hydrogens (primary N) is 1. The van der Waals surface area contributed by atoms with Crippen LogP contribution in [0.1, 0.15) is 10.5 Å². The number of carbonyl (C=O) groups excluding carboxylic acids is 1. The standard InChI is InChI=1S/C11H9ClN2O2/c1-16-10-4-6-2-3-8(11(13)15)14-9(6)5-7(10)12/h2-5H,1H3,(H2,13,15). The summed E-state index contributed by atoms with van der Waals surface area (Å²) in [5.74, 6) is 0.0108. The molecule has 0 saturated carbocycles. The van der Waals surface area contributed by atoms with Crippen LogP contribution in [0.15, 0.2) is 24.3 Å². The highest BCUT2D eigenvalue weighted by Crippen LogP contribution is 2.28. The molecule has 0 fully saturated rings. The van der Waals surface area contributed by atoms with E-state index in [2.05, 4.69) is 4.98 Å². The van der Waals surface area contributed by atoms with Crippen molar-refractivity contribution in [1.82, 2.24) is 4.98 Å². The number of rotatable bonds is 2. The van der Waals surface area contributed by atoms with Gasteiger partial charge in [0, 0.05) is 5.39 Å². The predicted molar refractivity (Wildman–Crippen MR) is 61.8 cm³/mol. The van der Waals surface area contributed by atoms with Gasteiger partial charge in [-0.1, -0.05) is 17.7 Å². The number of methoxy groups -OCH3 is 1. The molecule has 0 saturated heterocycles. The molecule has 1 aromatic carbocycles. The van der Waals surface area contributed by atoms with Crippen LogP contribution in [0.3, 0.4) is 0 Å². The van der Waals surface area contributed by atoms with Gasteiger partial charge in [0.05, 0.1) is 17.6 Å². The van der Waals surface area contributed by atoms with Crippen LogP contribution < -0.4 is 10.5 Å². The summed E-state index contributed by atoms with van der Waals surface area (Å²) in [5.41, 5.74) is 5.97. The molecule has 2 aromatic rings. The van der Waals surface area contributed by atoms with Gasteiger partial charge in [-0.3, -0.25) is 4.79 Å². The van der Waals surface area contributed by atoms with Gasteiger partial charge >= 0.3 is 0 Å². The number of fused-ring (bicyclic) bond motifs is 1. The third kappa shape index (κ3) is 1.79. The van der Waals surface area contributed by atoms with Crippen LogP contribution in [0.2, 0.25) is 5.02 Å². The van der Waals surface area contributed by atoms with E-state index in [4.69, 9.17) is 22.1 Å². The molecule has 2 N–H and O–H groups in total. The lowest BCUT2D eigenvalue weighted by molar-refractivity contribution is 0.0996. The van der Waals surface area contributed by atoms with E-state index >= 15 is 0 Å². The topological polar surface area (TPSA) is 65.2 Å². The van der Waals surface area contributed by atoms with E-state index < -0.39 is 5.91 Å². The first kappa shape index (κ1) is 10.7. The molecule has 2 rings (SSSR count). The first-order valence-electron chi connectivity index (χ1n) is 4.56. The molecule has 0 radical (unpaired) electrons. The van der Waals surface area contributed by atoms with Crippen molar-refractivity contribution < 1.29 is 9.53 Å². The van der Waals surface area contributed by atoms with Crippen LogP contribution >= 0.6 is 11.6 Å². The van der Waals surface area contributed by atoms with Crippen molar-refractivity contribution in [2.24, 2.45) is 5.73 Å². The fourth-order valence-corrected chi connectivity index (χ4v) is 1.65. The second kappa shape index (κ2) is 3.98. The minimum absolute atomic E-state index is 0.216.